The largest absolute Gasteiger partial charge is 0.379 e. The van der Waals surface area contributed by atoms with E-state index in [0.29, 0.717) is 12.2 Å². The molecule has 0 amide bonds. The lowest BCUT2D eigenvalue weighted by atomic mass is 10.1. The predicted molar refractivity (Wildman–Crippen MR) is 83.2 cm³/mol. The van der Waals surface area contributed by atoms with Crippen LogP contribution in [-0.2, 0) is 6.54 Å². The Morgan fingerprint density at radius 2 is 1.95 bits per heavy atom. The number of nitrogens with zero attached hydrogens (tertiary/aromatic N) is 1. The molecule has 0 saturated heterocycles. The Bertz CT molecular complexity index is 753. The second-order valence-corrected chi connectivity index (χ2v) is 5.38. The number of para-hydroxylation sites is 1. The zero-order valence-electron chi connectivity index (χ0n) is 10.6. The lowest BCUT2D eigenvalue weighted by Gasteiger charge is -2.10. The number of benzene rings is 2. The molecule has 4 heteroatoms. The van der Waals surface area contributed by atoms with Gasteiger partial charge in [-0.25, -0.2) is 4.39 Å². The van der Waals surface area contributed by atoms with Gasteiger partial charge in [0.05, 0.1) is 11.2 Å². The molecule has 0 saturated carbocycles. The first-order chi connectivity index (χ1) is 9.74. The van der Waals surface area contributed by atoms with Crippen molar-refractivity contribution in [3.8, 4) is 0 Å². The van der Waals surface area contributed by atoms with E-state index in [4.69, 9.17) is 0 Å². The molecule has 0 fully saturated rings. The first-order valence-electron chi connectivity index (χ1n) is 6.25. The summed E-state index contributed by atoms with van der Waals surface area (Å²) in [5.74, 6) is -0.266. The summed E-state index contributed by atoms with van der Waals surface area (Å²) in [5, 5.41) is 4.21. The topological polar surface area (TPSA) is 24.9 Å². The first-order valence-corrected chi connectivity index (χ1v) is 7.05. The summed E-state index contributed by atoms with van der Waals surface area (Å²) in [6, 6.07) is 14.9. The van der Waals surface area contributed by atoms with E-state index in [1.54, 1.807) is 12.3 Å². The highest BCUT2D eigenvalue weighted by Crippen LogP contribution is 2.21. The Kier molecular flexibility index (Phi) is 3.65. The number of hydrogen-bond donors (Lipinski definition) is 1. The smallest absolute Gasteiger partial charge is 0.147 e. The van der Waals surface area contributed by atoms with E-state index >= 15 is 0 Å². The van der Waals surface area contributed by atoms with Crippen molar-refractivity contribution in [3.05, 3.63) is 70.6 Å². The summed E-state index contributed by atoms with van der Waals surface area (Å²) in [5.41, 5.74) is 2.54. The molecule has 0 aliphatic heterocycles. The molecule has 1 aromatic heterocycles. The molecule has 0 bridgehead atoms. The number of halogens is 2. The van der Waals surface area contributed by atoms with Crippen molar-refractivity contribution in [2.75, 3.05) is 5.32 Å². The van der Waals surface area contributed by atoms with Gasteiger partial charge in [-0.05, 0) is 35.9 Å². The zero-order valence-corrected chi connectivity index (χ0v) is 12.2. The number of anilines is 1. The number of hydrogen-bond acceptors (Lipinski definition) is 2. The van der Waals surface area contributed by atoms with Gasteiger partial charge in [0.25, 0.3) is 0 Å². The van der Waals surface area contributed by atoms with E-state index in [9.17, 15) is 4.39 Å². The molecule has 3 aromatic rings. The van der Waals surface area contributed by atoms with E-state index in [1.165, 1.54) is 6.07 Å². The van der Waals surface area contributed by atoms with Crippen LogP contribution in [0.25, 0.3) is 10.9 Å². The summed E-state index contributed by atoms with van der Waals surface area (Å²) in [6.45, 7) is 0.557. The van der Waals surface area contributed by atoms with Crippen molar-refractivity contribution in [2.24, 2.45) is 0 Å². The maximum Gasteiger partial charge on any atom is 0.147 e. The minimum absolute atomic E-state index is 0.266. The van der Waals surface area contributed by atoms with Crippen LogP contribution in [0.4, 0.5) is 10.1 Å². The second-order valence-electron chi connectivity index (χ2n) is 4.46. The first kappa shape index (κ1) is 13.1. The van der Waals surface area contributed by atoms with Gasteiger partial charge in [-0.3, -0.25) is 4.98 Å². The molecule has 2 nitrogen and oxygen atoms in total. The molecule has 1 heterocycles. The molecule has 2 aromatic carbocycles. The summed E-state index contributed by atoms with van der Waals surface area (Å²) in [4.78, 5) is 4.32. The minimum atomic E-state index is -0.266. The zero-order chi connectivity index (χ0) is 13.9. The fraction of sp³-hybridized carbons (Fsp3) is 0.0625. The summed E-state index contributed by atoms with van der Waals surface area (Å²) in [7, 11) is 0. The molecule has 20 heavy (non-hydrogen) atoms. The van der Waals surface area contributed by atoms with Gasteiger partial charge in [-0.2, -0.15) is 0 Å². The number of nitrogens with one attached hydrogen (secondary N) is 1. The molecular weight excluding hydrogens is 319 g/mol. The van der Waals surface area contributed by atoms with Gasteiger partial charge in [-0.1, -0.05) is 34.1 Å². The number of aromatic nitrogens is 1. The SMILES string of the molecule is Fc1cc(Br)ccc1NCc1ccnc2ccccc12. The highest BCUT2D eigenvalue weighted by atomic mass is 79.9. The third kappa shape index (κ3) is 2.65. The van der Waals surface area contributed by atoms with Crippen molar-refractivity contribution >= 4 is 32.5 Å². The van der Waals surface area contributed by atoms with E-state index in [0.717, 1.165) is 20.9 Å². The standard InChI is InChI=1S/C16H12BrFN2/c17-12-5-6-16(14(18)9-12)20-10-11-7-8-19-15-4-2-1-3-13(11)15/h1-9,20H,10H2. The van der Waals surface area contributed by atoms with Gasteiger partial charge in [0, 0.05) is 22.6 Å². The number of pyridine rings is 1. The van der Waals surface area contributed by atoms with Crippen molar-refractivity contribution in [1.82, 2.24) is 4.98 Å². The van der Waals surface area contributed by atoms with E-state index < -0.39 is 0 Å². The van der Waals surface area contributed by atoms with Gasteiger partial charge in [-0.15, -0.1) is 0 Å². The molecule has 0 radical (unpaired) electrons. The molecule has 0 unspecified atom stereocenters. The van der Waals surface area contributed by atoms with Crippen LogP contribution in [0.2, 0.25) is 0 Å². The van der Waals surface area contributed by atoms with Crippen LogP contribution < -0.4 is 5.32 Å². The van der Waals surface area contributed by atoms with Crippen LogP contribution in [0.3, 0.4) is 0 Å². The van der Waals surface area contributed by atoms with Crippen LogP contribution in [-0.4, -0.2) is 4.98 Å². The lowest BCUT2D eigenvalue weighted by Crippen LogP contribution is -2.02. The monoisotopic (exact) mass is 330 g/mol. The molecule has 0 spiro atoms. The predicted octanol–water partition coefficient (Wildman–Crippen LogP) is 4.75. The van der Waals surface area contributed by atoms with Crippen molar-refractivity contribution < 1.29 is 4.39 Å². The van der Waals surface area contributed by atoms with Crippen LogP contribution in [0.1, 0.15) is 5.56 Å². The Hall–Kier alpha value is -1.94. The Labute approximate surface area is 124 Å². The maximum atomic E-state index is 13.8. The second kappa shape index (κ2) is 5.59. The van der Waals surface area contributed by atoms with E-state index in [1.807, 2.05) is 36.4 Å². The maximum absolute atomic E-state index is 13.8. The van der Waals surface area contributed by atoms with E-state index in [2.05, 4.69) is 26.2 Å². The van der Waals surface area contributed by atoms with Gasteiger partial charge in [0.2, 0.25) is 0 Å². The van der Waals surface area contributed by atoms with E-state index in [-0.39, 0.29) is 5.82 Å². The fourth-order valence-corrected chi connectivity index (χ4v) is 2.47. The Balaban J connectivity index is 1.87. The highest BCUT2D eigenvalue weighted by Gasteiger charge is 2.04. The third-order valence-electron chi connectivity index (χ3n) is 3.14. The average Bonchev–Trinajstić information content (AvgIpc) is 2.46. The number of rotatable bonds is 3. The van der Waals surface area contributed by atoms with Crippen molar-refractivity contribution in [1.29, 1.82) is 0 Å². The van der Waals surface area contributed by atoms with Gasteiger partial charge >= 0.3 is 0 Å². The van der Waals surface area contributed by atoms with Crippen LogP contribution >= 0.6 is 15.9 Å². The van der Waals surface area contributed by atoms with Crippen molar-refractivity contribution in [3.63, 3.8) is 0 Å². The average molecular weight is 331 g/mol. The fourth-order valence-electron chi connectivity index (χ4n) is 2.13. The molecule has 100 valence electrons. The van der Waals surface area contributed by atoms with Crippen LogP contribution in [0.5, 0.6) is 0 Å². The van der Waals surface area contributed by atoms with Gasteiger partial charge in [0.1, 0.15) is 5.82 Å². The Morgan fingerprint density at radius 1 is 1.10 bits per heavy atom. The molecular formula is C16H12BrFN2. The van der Waals surface area contributed by atoms with Gasteiger partial charge < -0.3 is 5.32 Å². The summed E-state index contributed by atoms with van der Waals surface area (Å²) >= 11 is 3.25. The lowest BCUT2D eigenvalue weighted by molar-refractivity contribution is 0.629. The van der Waals surface area contributed by atoms with Crippen LogP contribution in [0, 0.1) is 5.82 Å². The minimum Gasteiger partial charge on any atom is -0.379 e. The summed E-state index contributed by atoms with van der Waals surface area (Å²) in [6.07, 6.45) is 1.78. The Morgan fingerprint density at radius 3 is 2.80 bits per heavy atom. The quantitative estimate of drug-likeness (QED) is 0.749. The molecule has 0 aliphatic rings. The molecule has 1 N–H and O–H groups in total. The van der Waals surface area contributed by atoms with Gasteiger partial charge in [0.15, 0.2) is 0 Å². The summed E-state index contributed by atoms with van der Waals surface area (Å²) < 4.78 is 14.5. The highest BCUT2D eigenvalue weighted by molar-refractivity contribution is 9.10. The van der Waals surface area contributed by atoms with Crippen molar-refractivity contribution in [2.45, 2.75) is 6.54 Å². The molecule has 0 atom stereocenters. The number of fused-ring (bicyclic) bond motifs is 1. The molecule has 3 rings (SSSR count). The normalized spacial score (nSPS) is 10.7. The van der Waals surface area contributed by atoms with Crippen LogP contribution in [0.15, 0.2) is 59.2 Å². The third-order valence-corrected chi connectivity index (χ3v) is 3.63. The molecule has 0 aliphatic carbocycles.